The number of halogens is 1. The SMILES string of the molecule is C/C=C(/C)N1C=CC(Oc2ccc(Nc3ncnc4ccc([N+]5=CCNCC5)c(OC)c34)cc2F)=CC1=C(C)C. The zero-order valence-corrected chi connectivity index (χ0v) is 23.5. The first kappa shape index (κ1) is 27.1. The lowest BCUT2D eigenvalue weighted by molar-refractivity contribution is -0.438. The largest absolute Gasteiger partial charge is 0.490 e. The highest BCUT2D eigenvalue weighted by atomic mass is 19.1. The number of nitrogens with one attached hydrogen (secondary N) is 2. The van der Waals surface area contributed by atoms with Crippen LogP contribution in [-0.2, 0) is 0 Å². The minimum atomic E-state index is -0.494. The molecule has 0 saturated heterocycles. The summed E-state index contributed by atoms with van der Waals surface area (Å²) < 4.78 is 29.2. The third kappa shape index (κ3) is 5.46. The van der Waals surface area contributed by atoms with Crippen LogP contribution in [0.3, 0.4) is 0 Å². The van der Waals surface area contributed by atoms with Gasteiger partial charge >= 0.3 is 0 Å². The summed E-state index contributed by atoms with van der Waals surface area (Å²) in [5.74, 6) is 1.38. The topological polar surface area (TPSA) is 74.5 Å². The molecule has 2 aromatic carbocycles. The van der Waals surface area contributed by atoms with Crippen LogP contribution in [0.4, 0.5) is 21.6 Å². The molecular weight excluding hydrogens is 507 g/mol. The molecule has 0 fully saturated rings. The van der Waals surface area contributed by atoms with Crippen molar-refractivity contribution in [1.29, 1.82) is 0 Å². The Labute approximate surface area is 233 Å². The van der Waals surface area contributed by atoms with Crippen molar-refractivity contribution < 1.29 is 18.4 Å². The molecule has 0 unspecified atom stereocenters. The van der Waals surface area contributed by atoms with Gasteiger partial charge in [-0.05, 0) is 52.0 Å². The maximum Gasteiger partial charge on any atom is 0.248 e. The fourth-order valence-electron chi connectivity index (χ4n) is 4.73. The van der Waals surface area contributed by atoms with Gasteiger partial charge in [-0.1, -0.05) is 11.6 Å². The van der Waals surface area contributed by atoms with Gasteiger partial charge in [0.25, 0.3) is 0 Å². The monoisotopic (exact) mass is 541 g/mol. The van der Waals surface area contributed by atoms with Gasteiger partial charge in [0.1, 0.15) is 17.9 Å². The van der Waals surface area contributed by atoms with Crippen LogP contribution in [0.5, 0.6) is 11.5 Å². The van der Waals surface area contributed by atoms with Crippen LogP contribution in [-0.4, -0.2) is 52.4 Å². The number of nitrogens with zero attached hydrogens (tertiary/aromatic N) is 4. The molecule has 0 saturated carbocycles. The summed E-state index contributed by atoms with van der Waals surface area (Å²) in [6.07, 6.45) is 11.3. The predicted octanol–water partition coefficient (Wildman–Crippen LogP) is 6.15. The molecule has 2 N–H and O–H groups in total. The van der Waals surface area contributed by atoms with Crippen LogP contribution in [0.15, 0.2) is 83.8 Å². The molecule has 0 aliphatic carbocycles. The Kier molecular flexibility index (Phi) is 7.93. The van der Waals surface area contributed by atoms with Gasteiger partial charge in [-0.2, -0.15) is 4.58 Å². The van der Waals surface area contributed by atoms with Crippen molar-refractivity contribution in [3.05, 3.63) is 89.6 Å². The van der Waals surface area contributed by atoms with E-state index in [1.807, 2.05) is 64.3 Å². The summed E-state index contributed by atoms with van der Waals surface area (Å²) >= 11 is 0. The summed E-state index contributed by atoms with van der Waals surface area (Å²) in [6.45, 7) is 10.6. The molecule has 8 nitrogen and oxygen atoms in total. The van der Waals surface area contributed by atoms with Gasteiger partial charge in [-0.15, -0.1) is 0 Å². The van der Waals surface area contributed by atoms with E-state index in [4.69, 9.17) is 9.47 Å². The number of aromatic nitrogens is 2. The van der Waals surface area contributed by atoms with Gasteiger partial charge in [0.2, 0.25) is 11.4 Å². The first-order chi connectivity index (χ1) is 19.4. The van der Waals surface area contributed by atoms with E-state index in [-0.39, 0.29) is 5.75 Å². The van der Waals surface area contributed by atoms with Gasteiger partial charge in [0.05, 0.1) is 31.1 Å². The van der Waals surface area contributed by atoms with E-state index in [1.54, 1.807) is 19.2 Å². The quantitative estimate of drug-likeness (QED) is 0.348. The predicted molar refractivity (Wildman–Crippen MR) is 157 cm³/mol. The Bertz CT molecular complexity index is 1600. The number of fused-ring (bicyclic) bond motifs is 1. The Morgan fingerprint density at radius 2 is 2.02 bits per heavy atom. The van der Waals surface area contributed by atoms with Crippen LogP contribution in [0, 0.1) is 5.82 Å². The van der Waals surface area contributed by atoms with Crippen molar-refractivity contribution in [2.45, 2.75) is 27.7 Å². The second-order valence-corrected chi connectivity index (χ2v) is 9.73. The lowest BCUT2D eigenvalue weighted by Gasteiger charge is -2.27. The Hall–Kier alpha value is -4.50. The number of hydrogen-bond donors (Lipinski definition) is 2. The highest BCUT2D eigenvalue weighted by Gasteiger charge is 2.23. The van der Waals surface area contributed by atoms with E-state index in [9.17, 15) is 0 Å². The van der Waals surface area contributed by atoms with E-state index in [1.165, 1.54) is 12.4 Å². The minimum Gasteiger partial charge on any atom is -0.490 e. The molecule has 1 aromatic heterocycles. The highest BCUT2D eigenvalue weighted by Crippen LogP contribution is 2.39. The van der Waals surface area contributed by atoms with Gasteiger partial charge in [-0.25, -0.2) is 14.4 Å². The lowest BCUT2D eigenvalue weighted by atomic mass is 10.1. The van der Waals surface area contributed by atoms with Crippen molar-refractivity contribution in [1.82, 2.24) is 20.2 Å². The fraction of sp³-hybridized carbons (Fsp3) is 0.258. The van der Waals surface area contributed by atoms with E-state index >= 15 is 4.39 Å². The standard InChI is InChI=1S/C31H34FN6O2/c1-6-21(4)38-14-11-23(18-27(38)20(2)3)40-28-10-7-22(17-24(28)32)36-31-29-25(34-19-35-31)8-9-26(30(29)39-5)37-15-12-33-13-16-37/h6-11,14-15,17-19,33H,12-13,16H2,1-5H3,(H,34,35,36)/q+1/b21-6-. The maximum absolute atomic E-state index is 15.3. The number of ether oxygens (including phenoxy) is 2. The molecule has 206 valence electrons. The zero-order valence-electron chi connectivity index (χ0n) is 23.5. The molecule has 2 aliphatic rings. The Balaban J connectivity index is 1.42. The number of rotatable bonds is 7. The second-order valence-electron chi connectivity index (χ2n) is 9.73. The molecule has 3 heterocycles. The summed E-state index contributed by atoms with van der Waals surface area (Å²) in [6, 6.07) is 8.71. The molecule has 0 amide bonds. The number of allylic oxidation sites excluding steroid dienone is 5. The van der Waals surface area contributed by atoms with Crippen molar-refractivity contribution in [2.24, 2.45) is 0 Å². The first-order valence-corrected chi connectivity index (χ1v) is 13.3. The third-order valence-corrected chi connectivity index (χ3v) is 6.89. The van der Waals surface area contributed by atoms with E-state index in [0.29, 0.717) is 23.0 Å². The molecule has 0 atom stereocenters. The first-order valence-electron chi connectivity index (χ1n) is 13.3. The van der Waals surface area contributed by atoms with Crippen molar-refractivity contribution in [2.75, 3.05) is 32.1 Å². The smallest absolute Gasteiger partial charge is 0.248 e. The van der Waals surface area contributed by atoms with Gasteiger partial charge in [0.15, 0.2) is 24.3 Å². The zero-order chi connectivity index (χ0) is 28.2. The van der Waals surface area contributed by atoms with Crippen LogP contribution < -0.4 is 20.1 Å². The molecule has 0 bridgehead atoms. The van der Waals surface area contributed by atoms with E-state index in [0.717, 1.165) is 53.2 Å². The minimum absolute atomic E-state index is 0.132. The number of anilines is 2. The van der Waals surface area contributed by atoms with Crippen LogP contribution in [0.1, 0.15) is 27.7 Å². The Morgan fingerprint density at radius 1 is 1.18 bits per heavy atom. The van der Waals surface area contributed by atoms with Crippen LogP contribution in [0.25, 0.3) is 10.9 Å². The lowest BCUT2D eigenvalue weighted by Crippen LogP contribution is -2.33. The molecule has 5 rings (SSSR count). The molecular formula is C31H34FN6O2+. The van der Waals surface area contributed by atoms with E-state index < -0.39 is 5.82 Å². The average molecular weight is 542 g/mol. The average Bonchev–Trinajstić information content (AvgIpc) is 2.98. The number of methoxy groups -OCH3 is 1. The number of hydrogen-bond acceptors (Lipinski definition) is 7. The maximum atomic E-state index is 15.3. The summed E-state index contributed by atoms with van der Waals surface area (Å²) in [7, 11) is 1.64. The highest BCUT2D eigenvalue weighted by molar-refractivity contribution is 5.98. The van der Waals surface area contributed by atoms with Crippen LogP contribution >= 0.6 is 0 Å². The van der Waals surface area contributed by atoms with Crippen molar-refractivity contribution in [3.8, 4) is 11.5 Å². The van der Waals surface area contributed by atoms with Crippen molar-refractivity contribution in [3.63, 3.8) is 0 Å². The Morgan fingerprint density at radius 3 is 2.73 bits per heavy atom. The number of benzene rings is 2. The molecule has 0 spiro atoms. The van der Waals surface area contributed by atoms with Gasteiger partial charge in [-0.3, -0.25) is 0 Å². The third-order valence-electron chi connectivity index (χ3n) is 6.89. The van der Waals surface area contributed by atoms with Crippen LogP contribution in [0.2, 0.25) is 0 Å². The van der Waals surface area contributed by atoms with Gasteiger partial charge < -0.3 is 25.0 Å². The van der Waals surface area contributed by atoms with Gasteiger partial charge in [0, 0.05) is 41.5 Å². The molecule has 40 heavy (non-hydrogen) atoms. The van der Waals surface area contributed by atoms with Crippen molar-refractivity contribution >= 4 is 34.3 Å². The summed E-state index contributed by atoms with van der Waals surface area (Å²) in [5.41, 5.74) is 5.39. The fourth-order valence-corrected chi connectivity index (χ4v) is 4.73. The molecule has 3 aromatic rings. The molecule has 0 radical (unpaired) electrons. The molecule has 9 heteroatoms. The normalized spacial score (nSPS) is 15.6. The van der Waals surface area contributed by atoms with E-state index in [2.05, 4.69) is 36.3 Å². The second kappa shape index (κ2) is 11.7. The summed E-state index contributed by atoms with van der Waals surface area (Å²) in [5, 5.41) is 7.30. The molecule has 2 aliphatic heterocycles. The summed E-state index contributed by atoms with van der Waals surface area (Å²) in [4.78, 5) is 11.0.